The van der Waals surface area contributed by atoms with Crippen LogP contribution in [0, 0.1) is 0 Å². The van der Waals surface area contributed by atoms with Crippen LogP contribution in [0.3, 0.4) is 0 Å². The van der Waals surface area contributed by atoms with Gasteiger partial charge in [-0.25, -0.2) is 0 Å². The molecule has 0 aromatic heterocycles. The number of hydrogen-bond acceptors (Lipinski definition) is 3. The van der Waals surface area contributed by atoms with E-state index in [4.69, 9.17) is 4.74 Å². The van der Waals surface area contributed by atoms with Gasteiger partial charge in [-0.1, -0.05) is 24.3 Å². The Labute approximate surface area is 126 Å². The number of rotatable bonds is 3. The number of benzene rings is 1. The highest BCUT2D eigenvalue weighted by molar-refractivity contribution is 5.82. The summed E-state index contributed by atoms with van der Waals surface area (Å²) in [5.74, 6) is 0.230. The fourth-order valence-electron chi connectivity index (χ4n) is 3.36. The Morgan fingerprint density at radius 3 is 3.00 bits per heavy atom. The van der Waals surface area contributed by atoms with Crippen LogP contribution in [0.25, 0.3) is 0 Å². The number of likely N-dealkylation sites (tertiary alicyclic amines) is 1. The molecule has 2 aliphatic heterocycles. The van der Waals surface area contributed by atoms with E-state index in [9.17, 15) is 4.79 Å². The van der Waals surface area contributed by atoms with E-state index in [2.05, 4.69) is 29.6 Å². The van der Waals surface area contributed by atoms with Crippen molar-refractivity contribution in [1.82, 2.24) is 10.2 Å². The number of ether oxygens (including phenoxy) is 1. The number of amides is 1. The van der Waals surface area contributed by atoms with Gasteiger partial charge in [-0.2, -0.15) is 0 Å². The minimum atomic E-state index is -0.0831. The third-order valence-corrected chi connectivity index (χ3v) is 4.47. The maximum Gasteiger partial charge on any atom is 0.240 e. The van der Waals surface area contributed by atoms with Gasteiger partial charge in [0.25, 0.3) is 0 Å². The van der Waals surface area contributed by atoms with Gasteiger partial charge in [-0.3, -0.25) is 4.79 Å². The predicted octanol–water partition coefficient (Wildman–Crippen LogP) is 1.73. The van der Waals surface area contributed by atoms with Crippen molar-refractivity contribution in [2.24, 2.45) is 0 Å². The first kappa shape index (κ1) is 14.5. The maximum absolute atomic E-state index is 12.7. The van der Waals surface area contributed by atoms with Gasteiger partial charge in [0.1, 0.15) is 0 Å². The van der Waals surface area contributed by atoms with Crippen molar-refractivity contribution in [3.05, 3.63) is 35.4 Å². The number of carbonyl (C=O) groups excluding carboxylic acids is 1. The van der Waals surface area contributed by atoms with Crippen molar-refractivity contribution in [3.63, 3.8) is 0 Å². The molecule has 21 heavy (non-hydrogen) atoms. The first-order valence-electron chi connectivity index (χ1n) is 7.98. The molecular weight excluding hydrogens is 264 g/mol. The average molecular weight is 288 g/mol. The van der Waals surface area contributed by atoms with Crippen LogP contribution in [0.5, 0.6) is 0 Å². The first-order valence-corrected chi connectivity index (χ1v) is 7.98. The summed E-state index contributed by atoms with van der Waals surface area (Å²) in [6.07, 6.45) is 3.12. The topological polar surface area (TPSA) is 41.6 Å². The van der Waals surface area contributed by atoms with E-state index in [1.54, 1.807) is 0 Å². The van der Waals surface area contributed by atoms with Gasteiger partial charge < -0.3 is 15.0 Å². The second-order valence-corrected chi connectivity index (χ2v) is 5.91. The monoisotopic (exact) mass is 288 g/mol. The van der Waals surface area contributed by atoms with Crippen molar-refractivity contribution >= 4 is 5.91 Å². The summed E-state index contributed by atoms with van der Waals surface area (Å²) in [6.45, 7) is 5.13. The molecule has 1 amide bonds. The summed E-state index contributed by atoms with van der Waals surface area (Å²) < 4.78 is 5.69. The highest BCUT2D eigenvalue weighted by atomic mass is 16.5. The van der Waals surface area contributed by atoms with E-state index < -0.39 is 0 Å². The molecule has 2 aliphatic rings. The average Bonchev–Trinajstić information content (AvgIpc) is 2.54. The van der Waals surface area contributed by atoms with Gasteiger partial charge in [-0.05, 0) is 37.3 Å². The summed E-state index contributed by atoms with van der Waals surface area (Å²) in [7, 11) is 0. The van der Waals surface area contributed by atoms with Crippen molar-refractivity contribution in [2.75, 3.05) is 19.7 Å². The van der Waals surface area contributed by atoms with Crippen LogP contribution in [0.4, 0.5) is 0 Å². The second kappa shape index (κ2) is 6.58. The Morgan fingerprint density at radius 1 is 1.38 bits per heavy atom. The molecule has 0 bridgehead atoms. The Balaban J connectivity index is 1.63. The molecule has 114 valence electrons. The van der Waals surface area contributed by atoms with Crippen LogP contribution in [0.1, 0.15) is 30.9 Å². The molecule has 1 aromatic carbocycles. The number of piperidine rings is 1. The zero-order chi connectivity index (χ0) is 14.7. The summed E-state index contributed by atoms with van der Waals surface area (Å²) in [4.78, 5) is 14.7. The van der Waals surface area contributed by atoms with Crippen molar-refractivity contribution in [3.8, 4) is 0 Å². The van der Waals surface area contributed by atoms with E-state index in [0.29, 0.717) is 0 Å². The molecule has 1 unspecified atom stereocenters. The van der Waals surface area contributed by atoms with E-state index in [1.807, 2.05) is 11.8 Å². The van der Waals surface area contributed by atoms with Gasteiger partial charge in [0.15, 0.2) is 0 Å². The third-order valence-electron chi connectivity index (χ3n) is 4.47. The second-order valence-electron chi connectivity index (χ2n) is 5.91. The SMILES string of the molecule is CCOC1CCCN(C(=O)[C@H]2Cc3ccccc3CN2)C1. The van der Waals surface area contributed by atoms with Crippen molar-refractivity contribution < 1.29 is 9.53 Å². The normalized spacial score (nSPS) is 25.5. The first-order chi connectivity index (χ1) is 10.3. The standard InChI is InChI=1S/C17H24N2O2/c1-2-21-15-8-5-9-19(12-15)17(20)16-10-13-6-3-4-7-14(13)11-18-16/h3-4,6-7,15-16,18H,2,5,8-12H2,1H3/t15?,16-/m1/s1. The Bertz CT molecular complexity index is 501. The molecule has 0 saturated carbocycles. The molecule has 3 rings (SSSR count). The Kier molecular flexibility index (Phi) is 4.56. The lowest BCUT2D eigenvalue weighted by atomic mass is 9.94. The number of fused-ring (bicyclic) bond motifs is 1. The molecule has 1 saturated heterocycles. The molecule has 0 spiro atoms. The van der Waals surface area contributed by atoms with E-state index in [1.165, 1.54) is 11.1 Å². The quantitative estimate of drug-likeness (QED) is 0.921. The Hall–Kier alpha value is -1.39. The fourth-order valence-corrected chi connectivity index (χ4v) is 3.36. The number of nitrogens with zero attached hydrogens (tertiary/aromatic N) is 1. The van der Waals surface area contributed by atoms with Crippen LogP contribution in [0.15, 0.2) is 24.3 Å². The highest BCUT2D eigenvalue weighted by Crippen LogP contribution is 2.20. The van der Waals surface area contributed by atoms with Crippen molar-refractivity contribution in [1.29, 1.82) is 0 Å². The number of hydrogen-bond donors (Lipinski definition) is 1. The van der Waals surface area contributed by atoms with E-state index >= 15 is 0 Å². The maximum atomic E-state index is 12.7. The van der Waals surface area contributed by atoms with Gasteiger partial charge >= 0.3 is 0 Å². The van der Waals surface area contributed by atoms with Gasteiger partial charge in [-0.15, -0.1) is 0 Å². The molecule has 1 N–H and O–H groups in total. The number of carbonyl (C=O) groups is 1. The molecule has 4 heteroatoms. The summed E-state index contributed by atoms with van der Waals surface area (Å²) in [5.41, 5.74) is 2.61. The third kappa shape index (κ3) is 3.27. The molecule has 1 aromatic rings. The summed E-state index contributed by atoms with van der Waals surface area (Å²) in [6, 6.07) is 8.29. The molecule has 0 aliphatic carbocycles. The molecule has 4 nitrogen and oxygen atoms in total. The molecule has 2 heterocycles. The fraction of sp³-hybridized carbons (Fsp3) is 0.588. The molecule has 1 fully saturated rings. The lowest BCUT2D eigenvalue weighted by molar-refractivity contribution is -0.137. The lowest BCUT2D eigenvalue weighted by Gasteiger charge is -2.36. The highest BCUT2D eigenvalue weighted by Gasteiger charge is 2.31. The zero-order valence-corrected chi connectivity index (χ0v) is 12.7. The molecular formula is C17H24N2O2. The van der Waals surface area contributed by atoms with Crippen LogP contribution < -0.4 is 5.32 Å². The Morgan fingerprint density at radius 2 is 2.19 bits per heavy atom. The van der Waals surface area contributed by atoms with Gasteiger partial charge in [0, 0.05) is 26.2 Å². The van der Waals surface area contributed by atoms with Crippen LogP contribution in [-0.4, -0.2) is 42.6 Å². The van der Waals surface area contributed by atoms with E-state index in [-0.39, 0.29) is 18.1 Å². The predicted molar refractivity (Wildman–Crippen MR) is 82.0 cm³/mol. The lowest BCUT2D eigenvalue weighted by Crippen LogP contribution is -2.53. The van der Waals surface area contributed by atoms with Crippen LogP contribution in [-0.2, 0) is 22.5 Å². The van der Waals surface area contributed by atoms with Crippen LogP contribution in [0.2, 0.25) is 0 Å². The van der Waals surface area contributed by atoms with Gasteiger partial charge in [0.05, 0.1) is 12.1 Å². The minimum absolute atomic E-state index is 0.0831. The van der Waals surface area contributed by atoms with Crippen molar-refractivity contribution in [2.45, 2.75) is 44.9 Å². The molecule has 2 atom stereocenters. The summed E-state index contributed by atoms with van der Waals surface area (Å²) in [5, 5.41) is 3.39. The van der Waals surface area contributed by atoms with Gasteiger partial charge in [0.2, 0.25) is 5.91 Å². The van der Waals surface area contributed by atoms with E-state index in [0.717, 1.165) is 45.5 Å². The smallest absolute Gasteiger partial charge is 0.240 e. The van der Waals surface area contributed by atoms with Crippen LogP contribution >= 0.6 is 0 Å². The minimum Gasteiger partial charge on any atom is -0.377 e. The largest absolute Gasteiger partial charge is 0.377 e. The summed E-state index contributed by atoms with van der Waals surface area (Å²) >= 11 is 0. The molecule has 0 radical (unpaired) electrons. The zero-order valence-electron chi connectivity index (χ0n) is 12.7. The number of nitrogens with one attached hydrogen (secondary N) is 1.